The Hall–Kier alpha value is -2.82. The normalized spacial score (nSPS) is 16.5. The average molecular weight is 366 g/mol. The van der Waals surface area contributed by atoms with Crippen LogP contribution in [0.5, 0.6) is 5.75 Å². The highest BCUT2D eigenvalue weighted by atomic mass is 16.5. The Balaban J connectivity index is 1.61. The zero-order chi connectivity index (χ0) is 19.4. The van der Waals surface area contributed by atoms with E-state index >= 15 is 0 Å². The van der Waals surface area contributed by atoms with E-state index in [1.807, 2.05) is 61.2 Å². The lowest BCUT2D eigenvalue weighted by Crippen LogP contribution is -2.30. The van der Waals surface area contributed by atoms with Crippen LogP contribution in [-0.2, 0) is 16.0 Å². The minimum absolute atomic E-state index is 0.0486. The van der Waals surface area contributed by atoms with Crippen molar-refractivity contribution in [3.8, 4) is 5.75 Å². The van der Waals surface area contributed by atoms with E-state index in [9.17, 15) is 9.59 Å². The third kappa shape index (κ3) is 4.48. The second-order valence-electron chi connectivity index (χ2n) is 7.05. The van der Waals surface area contributed by atoms with E-state index < -0.39 is 0 Å². The number of nitrogens with zero attached hydrogens (tertiary/aromatic N) is 1. The molecule has 3 rings (SSSR count). The number of hydrogen-bond acceptors (Lipinski definition) is 3. The number of nitrogens with one attached hydrogen (secondary N) is 1. The summed E-state index contributed by atoms with van der Waals surface area (Å²) in [5.74, 6) is 0.928. The van der Waals surface area contributed by atoms with Gasteiger partial charge in [-0.3, -0.25) is 9.59 Å². The quantitative estimate of drug-likeness (QED) is 0.838. The molecule has 1 aliphatic rings. The van der Waals surface area contributed by atoms with Gasteiger partial charge in [-0.15, -0.1) is 0 Å². The van der Waals surface area contributed by atoms with Gasteiger partial charge in [-0.2, -0.15) is 0 Å². The molecule has 1 unspecified atom stereocenters. The smallest absolute Gasteiger partial charge is 0.227 e. The summed E-state index contributed by atoms with van der Waals surface area (Å²) in [6, 6.07) is 13.7. The Morgan fingerprint density at radius 3 is 2.78 bits per heavy atom. The fourth-order valence-electron chi connectivity index (χ4n) is 3.46. The van der Waals surface area contributed by atoms with Crippen LogP contribution in [0.1, 0.15) is 37.3 Å². The van der Waals surface area contributed by atoms with Crippen LogP contribution in [0, 0.1) is 6.92 Å². The third-order valence-electron chi connectivity index (χ3n) is 5.01. The molecule has 0 bridgehead atoms. The standard InChI is InChI=1S/C22H26N2O3/c1-15-7-9-17(13-20(15)27-3)10-11-21(25)23-18-5-4-6-19(14-18)24-16(2)8-12-22(24)26/h4-7,9,13-14,16H,8,10-12H2,1-3H3,(H,23,25). The van der Waals surface area contributed by atoms with Crippen LogP contribution in [0.3, 0.4) is 0 Å². The van der Waals surface area contributed by atoms with Crippen LogP contribution >= 0.6 is 0 Å². The number of anilines is 2. The summed E-state index contributed by atoms with van der Waals surface area (Å²) in [4.78, 5) is 26.2. The molecule has 1 N–H and O–H groups in total. The first-order valence-corrected chi connectivity index (χ1v) is 9.33. The molecule has 1 fully saturated rings. The summed E-state index contributed by atoms with van der Waals surface area (Å²) in [6.45, 7) is 4.04. The van der Waals surface area contributed by atoms with Gasteiger partial charge in [0.1, 0.15) is 5.75 Å². The minimum atomic E-state index is -0.0486. The second-order valence-corrected chi connectivity index (χ2v) is 7.05. The Morgan fingerprint density at radius 2 is 2.07 bits per heavy atom. The van der Waals surface area contributed by atoms with Crippen molar-refractivity contribution in [2.24, 2.45) is 0 Å². The number of ether oxygens (including phenoxy) is 1. The van der Waals surface area contributed by atoms with Gasteiger partial charge >= 0.3 is 0 Å². The zero-order valence-electron chi connectivity index (χ0n) is 16.1. The molecule has 1 atom stereocenters. The van der Waals surface area contributed by atoms with Gasteiger partial charge in [-0.25, -0.2) is 0 Å². The van der Waals surface area contributed by atoms with Crippen LogP contribution in [0.4, 0.5) is 11.4 Å². The molecule has 2 amide bonds. The molecule has 0 aliphatic carbocycles. The van der Waals surface area contributed by atoms with Crippen molar-refractivity contribution in [2.75, 3.05) is 17.3 Å². The number of methoxy groups -OCH3 is 1. The fraction of sp³-hybridized carbons (Fsp3) is 0.364. The largest absolute Gasteiger partial charge is 0.496 e. The first-order valence-electron chi connectivity index (χ1n) is 9.33. The maximum absolute atomic E-state index is 12.3. The Bertz CT molecular complexity index is 847. The zero-order valence-corrected chi connectivity index (χ0v) is 16.1. The molecular weight excluding hydrogens is 340 g/mol. The maximum atomic E-state index is 12.3. The van der Waals surface area contributed by atoms with E-state index in [4.69, 9.17) is 4.74 Å². The van der Waals surface area contributed by atoms with Crippen LogP contribution in [0.15, 0.2) is 42.5 Å². The fourth-order valence-corrected chi connectivity index (χ4v) is 3.46. The van der Waals surface area contributed by atoms with Gasteiger partial charge in [0.05, 0.1) is 7.11 Å². The van der Waals surface area contributed by atoms with Crippen LogP contribution in [0.25, 0.3) is 0 Å². The molecule has 0 spiro atoms. The molecule has 27 heavy (non-hydrogen) atoms. The van der Waals surface area contributed by atoms with Gasteiger partial charge < -0.3 is 15.0 Å². The van der Waals surface area contributed by atoms with Crippen molar-refractivity contribution in [3.63, 3.8) is 0 Å². The van der Waals surface area contributed by atoms with Gasteiger partial charge in [0.25, 0.3) is 0 Å². The first-order chi connectivity index (χ1) is 13.0. The van der Waals surface area contributed by atoms with Gasteiger partial charge in [-0.05, 0) is 62.1 Å². The van der Waals surface area contributed by atoms with Crippen molar-refractivity contribution in [1.82, 2.24) is 0 Å². The molecule has 1 heterocycles. The lowest BCUT2D eigenvalue weighted by molar-refractivity contribution is -0.117. The highest BCUT2D eigenvalue weighted by molar-refractivity contribution is 5.97. The Morgan fingerprint density at radius 1 is 1.26 bits per heavy atom. The van der Waals surface area contributed by atoms with Crippen molar-refractivity contribution in [1.29, 1.82) is 0 Å². The topological polar surface area (TPSA) is 58.6 Å². The summed E-state index contributed by atoms with van der Waals surface area (Å²) in [7, 11) is 1.65. The molecule has 1 aliphatic heterocycles. The van der Waals surface area contributed by atoms with Gasteiger partial charge in [-0.1, -0.05) is 18.2 Å². The van der Waals surface area contributed by atoms with Crippen molar-refractivity contribution in [3.05, 3.63) is 53.6 Å². The van der Waals surface area contributed by atoms with E-state index in [2.05, 4.69) is 5.32 Å². The predicted octanol–water partition coefficient (Wildman–Crippen LogP) is 4.09. The lowest BCUT2D eigenvalue weighted by Gasteiger charge is -2.22. The Labute approximate surface area is 160 Å². The van der Waals surface area contributed by atoms with Crippen LogP contribution < -0.4 is 15.0 Å². The Kier molecular flexibility index (Phi) is 5.79. The molecule has 2 aromatic rings. The monoisotopic (exact) mass is 366 g/mol. The van der Waals surface area contributed by atoms with E-state index in [0.717, 1.165) is 29.0 Å². The van der Waals surface area contributed by atoms with Gasteiger partial charge in [0.2, 0.25) is 11.8 Å². The molecule has 0 aromatic heterocycles. The number of benzene rings is 2. The van der Waals surface area contributed by atoms with Crippen LogP contribution in [-0.4, -0.2) is 25.0 Å². The van der Waals surface area contributed by atoms with Crippen molar-refractivity contribution in [2.45, 2.75) is 45.6 Å². The maximum Gasteiger partial charge on any atom is 0.227 e. The minimum Gasteiger partial charge on any atom is -0.496 e. The summed E-state index contributed by atoms with van der Waals surface area (Å²) in [5.41, 5.74) is 3.70. The highest BCUT2D eigenvalue weighted by Crippen LogP contribution is 2.28. The SMILES string of the molecule is COc1cc(CCC(=O)Nc2cccc(N3C(=O)CCC3C)c2)ccc1C. The number of aryl methyl sites for hydroxylation is 2. The molecule has 0 saturated carbocycles. The number of hydrogen-bond donors (Lipinski definition) is 1. The number of rotatable bonds is 6. The second kappa shape index (κ2) is 8.25. The van der Waals surface area contributed by atoms with Gasteiger partial charge in [0.15, 0.2) is 0 Å². The number of carbonyl (C=O) groups excluding carboxylic acids is 2. The molecule has 5 nitrogen and oxygen atoms in total. The summed E-state index contributed by atoms with van der Waals surface area (Å²) < 4.78 is 5.33. The van der Waals surface area contributed by atoms with E-state index in [1.165, 1.54) is 0 Å². The summed E-state index contributed by atoms with van der Waals surface area (Å²) >= 11 is 0. The molecule has 1 saturated heterocycles. The van der Waals surface area contributed by atoms with Crippen molar-refractivity contribution >= 4 is 23.2 Å². The van der Waals surface area contributed by atoms with E-state index in [1.54, 1.807) is 7.11 Å². The number of carbonyl (C=O) groups is 2. The molecule has 5 heteroatoms. The highest BCUT2D eigenvalue weighted by Gasteiger charge is 2.28. The lowest BCUT2D eigenvalue weighted by atomic mass is 10.1. The van der Waals surface area contributed by atoms with E-state index in [-0.39, 0.29) is 17.9 Å². The molecular formula is C22H26N2O3. The first kappa shape index (κ1) is 19.0. The molecule has 2 aromatic carbocycles. The van der Waals surface area contributed by atoms with Gasteiger partial charge in [0, 0.05) is 30.3 Å². The summed E-state index contributed by atoms with van der Waals surface area (Å²) in [5, 5.41) is 2.94. The molecule has 0 radical (unpaired) electrons. The predicted molar refractivity (Wildman–Crippen MR) is 107 cm³/mol. The van der Waals surface area contributed by atoms with E-state index in [0.29, 0.717) is 24.9 Å². The van der Waals surface area contributed by atoms with Crippen molar-refractivity contribution < 1.29 is 14.3 Å². The summed E-state index contributed by atoms with van der Waals surface area (Å²) in [6.07, 6.45) is 2.48. The average Bonchev–Trinajstić information content (AvgIpc) is 2.99. The van der Waals surface area contributed by atoms with Crippen LogP contribution in [0.2, 0.25) is 0 Å². The third-order valence-corrected chi connectivity index (χ3v) is 5.01. The number of amides is 2. The molecule has 142 valence electrons.